The van der Waals surface area contributed by atoms with Gasteiger partial charge in [-0.05, 0) is 50.0 Å². The van der Waals surface area contributed by atoms with Crippen molar-refractivity contribution in [3.05, 3.63) is 152 Å². The molecule has 2 nitrogen and oxygen atoms in total. The predicted octanol–water partition coefficient (Wildman–Crippen LogP) is 9.79. The number of para-hydroxylation sites is 2. The van der Waals surface area contributed by atoms with E-state index >= 15 is 4.57 Å². The van der Waals surface area contributed by atoms with Crippen LogP contribution in [0, 0.1) is 0 Å². The fourth-order valence-electron chi connectivity index (χ4n) is 6.95. The normalized spacial score (nSPS) is 12.3. The average Bonchev–Trinajstić information content (AvgIpc) is 3.47. The van der Waals surface area contributed by atoms with E-state index in [9.17, 15) is 0 Å². The molecule has 202 valence electrons. The molecule has 3 heteroatoms. The highest BCUT2D eigenvalue weighted by atomic mass is 31.2. The summed E-state index contributed by atoms with van der Waals surface area (Å²) in [4.78, 5) is 0. The third-order valence-corrected chi connectivity index (χ3v) is 12.0. The van der Waals surface area contributed by atoms with Gasteiger partial charge in [0.05, 0.1) is 5.30 Å². The van der Waals surface area contributed by atoms with E-state index in [1.54, 1.807) is 0 Å². The first-order valence-electron chi connectivity index (χ1n) is 14.5. The Morgan fingerprint density at radius 2 is 0.977 bits per heavy atom. The number of hydrogen-bond acceptors (Lipinski definition) is 2. The molecule has 8 aromatic carbocycles. The molecule has 0 atom stereocenters. The molecule has 0 fully saturated rings. The summed E-state index contributed by atoms with van der Waals surface area (Å²) in [7, 11) is -3.24. The molecular formula is C40H25O2P. The van der Waals surface area contributed by atoms with Crippen LogP contribution < -0.4 is 15.9 Å². The Labute approximate surface area is 248 Å². The lowest BCUT2D eigenvalue weighted by atomic mass is 9.88. The van der Waals surface area contributed by atoms with Gasteiger partial charge in [-0.25, -0.2) is 0 Å². The highest BCUT2D eigenvalue weighted by molar-refractivity contribution is 7.85. The van der Waals surface area contributed by atoms with Crippen molar-refractivity contribution in [2.24, 2.45) is 0 Å². The highest BCUT2D eigenvalue weighted by Gasteiger charge is 2.33. The Bertz CT molecular complexity index is 2480. The van der Waals surface area contributed by atoms with Crippen molar-refractivity contribution in [1.29, 1.82) is 0 Å². The molecule has 0 amide bonds. The van der Waals surface area contributed by atoms with Gasteiger partial charge in [-0.2, -0.15) is 0 Å². The van der Waals surface area contributed by atoms with Crippen molar-refractivity contribution in [1.82, 2.24) is 0 Å². The van der Waals surface area contributed by atoms with Crippen LogP contribution in [-0.2, 0) is 4.57 Å². The van der Waals surface area contributed by atoms with Gasteiger partial charge in [0.15, 0.2) is 7.14 Å². The van der Waals surface area contributed by atoms with Gasteiger partial charge in [0.1, 0.15) is 11.2 Å². The zero-order chi connectivity index (χ0) is 28.5. The molecule has 0 unspecified atom stereocenters. The van der Waals surface area contributed by atoms with Crippen LogP contribution in [0.3, 0.4) is 0 Å². The maximum Gasteiger partial charge on any atom is 0.174 e. The second-order valence-electron chi connectivity index (χ2n) is 11.2. The van der Waals surface area contributed by atoms with Crippen molar-refractivity contribution in [2.75, 3.05) is 0 Å². The number of benzene rings is 8. The van der Waals surface area contributed by atoms with Crippen LogP contribution in [0.4, 0.5) is 0 Å². The zero-order valence-corrected chi connectivity index (χ0v) is 24.1. The van der Waals surface area contributed by atoms with Crippen molar-refractivity contribution in [2.45, 2.75) is 0 Å². The summed E-state index contributed by atoms with van der Waals surface area (Å²) in [6, 6.07) is 51.8. The molecule has 0 saturated heterocycles. The summed E-state index contributed by atoms with van der Waals surface area (Å²) in [6.45, 7) is 0. The third kappa shape index (κ3) is 3.45. The van der Waals surface area contributed by atoms with Crippen LogP contribution in [0.25, 0.3) is 65.4 Å². The number of hydrogen-bond donors (Lipinski definition) is 0. The number of furan rings is 1. The van der Waals surface area contributed by atoms with Crippen molar-refractivity contribution < 1.29 is 8.98 Å². The van der Waals surface area contributed by atoms with E-state index in [0.717, 1.165) is 43.4 Å². The Kier molecular flexibility index (Phi) is 5.21. The molecule has 0 aliphatic rings. The van der Waals surface area contributed by atoms with Gasteiger partial charge < -0.3 is 8.98 Å². The molecular weight excluding hydrogens is 543 g/mol. The van der Waals surface area contributed by atoms with E-state index < -0.39 is 7.14 Å². The first-order chi connectivity index (χ1) is 21.2. The van der Waals surface area contributed by atoms with Gasteiger partial charge in [0.25, 0.3) is 0 Å². The minimum Gasteiger partial charge on any atom is -0.455 e. The molecule has 0 spiro atoms. The van der Waals surface area contributed by atoms with E-state index in [4.69, 9.17) is 4.42 Å². The summed E-state index contributed by atoms with van der Waals surface area (Å²) in [5.41, 5.74) is 3.66. The lowest BCUT2D eigenvalue weighted by Gasteiger charge is -2.20. The largest absolute Gasteiger partial charge is 0.455 e. The van der Waals surface area contributed by atoms with Gasteiger partial charge in [0, 0.05) is 26.9 Å². The Hall–Kier alpha value is -5.17. The Morgan fingerprint density at radius 1 is 0.419 bits per heavy atom. The molecule has 0 radical (unpaired) electrons. The summed E-state index contributed by atoms with van der Waals surface area (Å²) in [5.74, 6) is 0. The monoisotopic (exact) mass is 568 g/mol. The summed E-state index contributed by atoms with van der Waals surface area (Å²) in [6.07, 6.45) is 0. The SMILES string of the molecule is O=P(c1ccccc1)(c1ccccc1)c1cccc2c1oc1c(-c3cc4cccc5ccc6cccc3c6c54)cccc12. The zero-order valence-electron chi connectivity index (χ0n) is 23.2. The predicted molar refractivity (Wildman–Crippen MR) is 182 cm³/mol. The van der Waals surface area contributed by atoms with Crippen LogP contribution in [0.5, 0.6) is 0 Å². The quantitative estimate of drug-likeness (QED) is 0.156. The van der Waals surface area contributed by atoms with Gasteiger partial charge >= 0.3 is 0 Å². The summed E-state index contributed by atoms with van der Waals surface area (Å²) in [5, 5.41) is 11.8. The van der Waals surface area contributed by atoms with E-state index in [-0.39, 0.29) is 0 Å². The minimum absolute atomic E-state index is 0.679. The molecule has 0 aliphatic carbocycles. The van der Waals surface area contributed by atoms with Crippen LogP contribution in [0.2, 0.25) is 0 Å². The molecule has 0 aliphatic heterocycles. The maximum atomic E-state index is 15.4. The second kappa shape index (κ2) is 9.16. The molecule has 1 aromatic heterocycles. The Balaban J connectivity index is 1.37. The van der Waals surface area contributed by atoms with Gasteiger partial charge in [-0.3, -0.25) is 0 Å². The van der Waals surface area contributed by atoms with E-state index in [1.165, 1.54) is 32.3 Å². The van der Waals surface area contributed by atoms with E-state index in [1.807, 2.05) is 72.8 Å². The molecule has 0 bridgehead atoms. The van der Waals surface area contributed by atoms with Gasteiger partial charge in [0.2, 0.25) is 0 Å². The first kappa shape index (κ1) is 24.4. The maximum absolute atomic E-state index is 15.4. The lowest BCUT2D eigenvalue weighted by Crippen LogP contribution is -2.25. The fourth-order valence-corrected chi connectivity index (χ4v) is 9.74. The molecule has 9 rings (SSSR count). The van der Waals surface area contributed by atoms with E-state index in [2.05, 4.69) is 78.9 Å². The standard InChI is InChI=1S/C40H25O2P/c41-43(29-14-3-1-4-15-29,30-16-5-2-6-17-30)36-22-10-21-33-32-19-9-20-34(39(32)42-40(33)36)35-25-28-13-7-11-26-23-24-27-12-8-18-31(35)38(27)37(26)28/h1-25H. The number of fused-ring (bicyclic) bond motifs is 3. The fraction of sp³-hybridized carbons (Fsp3) is 0. The summed E-state index contributed by atoms with van der Waals surface area (Å²) >= 11 is 0. The third-order valence-electron chi connectivity index (χ3n) is 8.88. The lowest BCUT2D eigenvalue weighted by molar-refractivity contribution is 0.592. The van der Waals surface area contributed by atoms with Crippen LogP contribution in [0.15, 0.2) is 156 Å². The molecule has 43 heavy (non-hydrogen) atoms. The molecule has 9 aromatic rings. The minimum atomic E-state index is -3.24. The van der Waals surface area contributed by atoms with Crippen molar-refractivity contribution in [3.8, 4) is 11.1 Å². The average molecular weight is 569 g/mol. The van der Waals surface area contributed by atoms with Gasteiger partial charge in [-0.1, -0.05) is 140 Å². The second-order valence-corrected chi connectivity index (χ2v) is 13.9. The smallest absolute Gasteiger partial charge is 0.174 e. The highest BCUT2D eigenvalue weighted by Crippen LogP contribution is 2.47. The van der Waals surface area contributed by atoms with Crippen molar-refractivity contribution >= 4 is 77.3 Å². The van der Waals surface area contributed by atoms with Crippen LogP contribution >= 0.6 is 7.14 Å². The molecule has 1 heterocycles. The summed E-state index contributed by atoms with van der Waals surface area (Å²) < 4.78 is 22.3. The topological polar surface area (TPSA) is 30.2 Å². The molecule has 0 N–H and O–H groups in total. The van der Waals surface area contributed by atoms with Gasteiger partial charge in [-0.15, -0.1) is 0 Å². The Morgan fingerprint density at radius 3 is 1.70 bits per heavy atom. The van der Waals surface area contributed by atoms with Crippen LogP contribution in [0.1, 0.15) is 0 Å². The van der Waals surface area contributed by atoms with Crippen LogP contribution in [-0.4, -0.2) is 0 Å². The van der Waals surface area contributed by atoms with Crippen molar-refractivity contribution in [3.63, 3.8) is 0 Å². The number of rotatable bonds is 4. The first-order valence-corrected chi connectivity index (χ1v) is 16.3. The molecule has 0 saturated carbocycles. The van der Waals surface area contributed by atoms with E-state index in [0.29, 0.717) is 5.58 Å².